The Morgan fingerprint density at radius 1 is 1.17 bits per heavy atom. The van der Waals surface area contributed by atoms with E-state index in [1.807, 2.05) is 6.07 Å². The Bertz CT molecular complexity index is 572. The van der Waals surface area contributed by atoms with E-state index >= 15 is 0 Å². The molecule has 2 N–H and O–H groups in total. The number of methoxy groups -OCH3 is 1. The zero-order valence-electron chi connectivity index (χ0n) is 18.7. The molecule has 0 aromatic heterocycles. The Morgan fingerprint density at radius 3 is 2.52 bits per heavy atom. The highest BCUT2D eigenvalue weighted by Crippen LogP contribution is 2.16. The second-order valence-corrected chi connectivity index (χ2v) is 7.96. The molecule has 1 unspecified atom stereocenters. The zero-order valence-corrected chi connectivity index (χ0v) is 18.7. The topological polar surface area (TPSA) is 58.1 Å². The minimum atomic E-state index is 0.299. The van der Waals surface area contributed by atoms with Crippen LogP contribution in [0.3, 0.4) is 0 Å². The monoisotopic (exact) mass is 404 g/mol. The van der Waals surface area contributed by atoms with E-state index in [-0.39, 0.29) is 0 Å². The van der Waals surface area contributed by atoms with Crippen LogP contribution in [0.15, 0.2) is 35.3 Å². The largest absolute Gasteiger partial charge is 0.385 e. The number of benzene rings is 1. The Hall–Kier alpha value is -1.79. The lowest BCUT2D eigenvalue weighted by molar-refractivity contribution is 0.00990. The highest BCUT2D eigenvalue weighted by atomic mass is 16.5. The van der Waals surface area contributed by atoms with E-state index in [0.29, 0.717) is 18.1 Å². The zero-order chi connectivity index (χ0) is 20.9. The molecule has 0 radical (unpaired) electrons. The van der Waals surface area contributed by atoms with Crippen molar-refractivity contribution in [3.8, 4) is 0 Å². The molecule has 1 aliphatic rings. The Balaban J connectivity index is 1.88. The molecule has 1 saturated heterocycles. The van der Waals surface area contributed by atoms with Crippen LogP contribution in [0.2, 0.25) is 0 Å². The van der Waals surface area contributed by atoms with Gasteiger partial charge in [0.1, 0.15) is 0 Å². The van der Waals surface area contributed by atoms with Gasteiger partial charge >= 0.3 is 0 Å². The second-order valence-electron chi connectivity index (χ2n) is 7.96. The summed E-state index contributed by atoms with van der Waals surface area (Å²) >= 11 is 0. The number of anilines is 1. The van der Waals surface area contributed by atoms with Crippen LogP contribution in [-0.4, -0.2) is 69.5 Å². The van der Waals surface area contributed by atoms with Crippen molar-refractivity contribution in [2.45, 2.75) is 52.2 Å². The number of likely N-dealkylation sites (tertiary alicyclic amines) is 1. The van der Waals surface area contributed by atoms with E-state index in [0.717, 1.165) is 70.3 Å². The summed E-state index contributed by atoms with van der Waals surface area (Å²) in [6.45, 7) is 11.8. The van der Waals surface area contributed by atoms with Gasteiger partial charge in [0.05, 0.1) is 12.6 Å². The number of ether oxygens (including phenoxy) is 2. The first-order valence-corrected chi connectivity index (χ1v) is 11.1. The summed E-state index contributed by atoms with van der Waals surface area (Å²) < 4.78 is 11.1. The Morgan fingerprint density at radius 2 is 1.90 bits per heavy atom. The van der Waals surface area contributed by atoms with Crippen LogP contribution in [0, 0.1) is 5.92 Å². The van der Waals surface area contributed by atoms with Gasteiger partial charge in [-0.2, -0.15) is 0 Å². The van der Waals surface area contributed by atoms with Crippen LogP contribution in [0.5, 0.6) is 0 Å². The second kappa shape index (κ2) is 13.4. The first-order chi connectivity index (χ1) is 14.1. The predicted octanol–water partition coefficient (Wildman–Crippen LogP) is 3.61. The molecule has 164 valence electrons. The highest BCUT2D eigenvalue weighted by Gasteiger charge is 2.22. The highest BCUT2D eigenvalue weighted by molar-refractivity contribution is 5.80. The number of aliphatic imine (C=N–C) groups is 1. The molecule has 29 heavy (non-hydrogen) atoms. The van der Waals surface area contributed by atoms with Crippen molar-refractivity contribution in [1.29, 1.82) is 0 Å². The fourth-order valence-electron chi connectivity index (χ4n) is 3.47. The summed E-state index contributed by atoms with van der Waals surface area (Å²) in [7, 11) is 1.74. The Kier molecular flexibility index (Phi) is 10.9. The van der Waals surface area contributed by atoms with Gasteiger partial charge in [0.25, 0.3) is 0 Å². The first kappa shape index (κ1) is 23.5. The summed E-state index contributed by atoms with van der Waals surface area (Å²) in [4.78, 5) is 7.35. The Labute approximate surface area is 177 Å². The van der Waals surface area contributed by atoms with Crippen molar-refractivity contribution in [3.63, 3.8) is 0 Å². The summed E-state index contributed by atoms with van der Waals surface area (Å²) in [5.74, 6) is 1.51. The molecule has 0 spiro atoms. The maximum atomic E-state index is 5.99. The van der Waals surface area contributed by atoms with E-state index in [9.17, 15) is 0 Å². The average Bonchev–Trinajstić information content (AvgIpc) is 2.74. The van der Waals surface area contributed by atoms with Gasteiger partial charge in [0.15, 0.2) is 5.96 Å². The normalized spacial score (nSPS) is 16.9. The lowest BCUT2D eigenvalue weighted by Crippen LogP contribution is -2.47. The lowest BCUT2D eigenvalue weighted by Gasteiger charge is -2.34. The average molecular weight is 405 g/mol. The number of piperidine rings is 1. The van der Waals surface area contributed by atoms with Gasteiger partial charge < -0.3 is 25.0 Å². The number of rotatable bonds is 11. The van der Waals surface area contributed by atoms with Crippen LogP contribution < -0.4 is 10.6 Å². The summed E-state index contributed by atoms with van der Waals surface area (Å²) in [6, 6.07) is 10.7. The van der Waals surface area contributed by atoms with Crippen molar-refractivity contribution in [2.75, 3.05) is 51.8 Å². The SMILES string of the molecule is CCNC(=NCC(Nc1ccccc1)C(C)C)N1CCC(OCCCOC)CC1. The van der Waals surface area contributed by atoms with Crippen LogP contribution in [0.1, 0.15) is 40.0 Å². The van der Waals surface area contributed by atoms with Gasteiger partial charge in [-0.1, -0.05) is 32.0 Å². The van der Waals surface area contributed by atoms with Gasteiger partial charge in [-0.25, -0.2) is 0 Å². The molecule has 0 bridgehead atoms. The third kappa shape index (κ3) is 8.62. The van der Waals surface area contributed by atoms with E-state index in [4.69, 9.17) is 14.5 Å². The molecule has 6 nitrogen and oxygen atoms in total. The van der Waals surface area contributed by atoms with E-state index < -0.39 is 0 Å². The van der Waals surface area contributed by atoms with Gasteiger partial charge in [0, 0.05) is 51.7 Å². The van der Waals surface area contributed by atoms with Crippen molar-refractivity contribution in [3.05, 3.63) is 30.3 Å². The van der Waals surface area contributed by atoms with Crippen LogP contribution in [0.4, 0.5) is 5.69 Å². The van der Waals surface area contributed by atoms with Crippen molar-refractivity contribution < 1.29 is 9.47 Å². The first-order valence-electron chi connectivity index (χ1n) is 11.1. The molecule has 0 aliphatic carbocycles. The molecule has 6 heteroatoms. The third-order valence-electron chi connectivity index (χ3n) is 5.29. The minimum absolute atomic E-state index is 0.299. The molecule has 1 aromatic rings. The molecule has 1 fully saturated rings. The standard InChI is InChI=1S/C23H40N4O2/c1-5-24-23(27-14-12-21(13-15-27)29-17-9-16-28-4)25-18-22(19(2)3)26-20-10-7-6-8-11-20/h6-8,10-11,19,21-22,26H,5,9,12-18H2,1-4H3,(H,24,25). The van der Waals surface area contributed by atoms with Gasteiger partial charge in [0.2, 0.25) is 0 Å². The number of guanidine groups is 1. The van der Waals surface area contributed by atoms with Crippen molar-refractivity contribution in [2.24, 2.45) is 10.9 Å². The molecule has 1 atom stereocenters. The van der Waals surface area contributed by atoms with Gasteiger partial charge in [-0.05, 0) is 44.2 Å². The summed E-state index contributed by atoms with van der Waals surface area (Å²) in [6.07, 6.45) is 3.42. The molecule has 1 aromatic carbocycles. The molecule has 2 rings (SSSR count). The molecule has 0 amide bonds. The van der Waals surface area contributed by atoms with E-state index in [1.54, 1.807) is 7.11 Å². The summed E-state index contributed by atoms with van der Waals surface area (Å²) in [5, 5.41) is 7.11. The van der Waals surface area contributed by atoms with E-state index in [1.165, 1.54) is 0 Å². The molecule has 1 heterocycles. The quantitative estimate of drug-likeness (QED) is 0.335. The molecular weight excluding hydrogens is 364 g/mol. The maximum Gasteiger partial charge on any atom is 0.193 e. The van der Waals surface area contributed by atoms with Crippen molar-refractivity contribution >= 4 is 11.6 Å². The number of hydrogen-bond donors (Lipinski definition) is 2. The number of hydrogen-bond acceptors (Lipinski definition) is 4. The van der Waals surface area contributed by atoms with Crippen LogP contribution in [-0.2, 0) is 9.47 Å². The van der Waals surface area contributed by atoms with Crippen molar-refractivity contribution in [1.82, 2.24) is 10.2 Å². The predicted molar refractivity (Wildman–Crippen MR) is 122 cm³/mol. The smallest absolute Gasteiger partial charge is 0.193 e. The number of para-hydroxylation sites is 1. The molecule has 0 saturated carbocycles. The third-order valence-corrected chi connectivity index (χ3v) is 5.29. The minimum Gasteiger partial charge on any atom is -0.385 e. The number of nitrogens with zero attached hydrogens (tertiary/aromatic N) is 2. The lowest BCUT2D eigenvalue weighted by atomic mass is 10.0. The summed E-state index contributed by atoms with van der Waals surface area (Å²) in [5.41, 5.74) is 1.15. The van der Waals surface area contributed by atoms with Gasteiger partial charge in [-0.3, -0.25) is 4.99 Å². The molecular formula is C23H40N4O2. The fraction of sp³-hybridized carbons (Fsp3) is 0.696. The molecule has 1 aliphatic heterocycles. The maximum absolute atomic E-state index is 5.99. The van der Waals surface area contributed by atoms with Crippen LogP contribution in [0.25, 0.3) is 0 Å². The van der Waals surface area contributed by atoms with Gasteiger partial charge in [-0.15, -0.1) is 0 Å². The van der Waals surface area contributed by atoms with Crippen LogP contribution >= 0.6 is 0 Å². The van der Waals surface area contributed by atoms with E-state index in [2.05, 4.69) is 60.6 Å². The fourth-order valence-corrected chi connectivity index (χ4v) is 3.47. The number of nitrogens with one attached hydrogen (secondary N) is 2.